The first-order chi connectivity index (χ1) is 12.3. The van der Waals surface area contributed by atoms with Crippen molar-refractivity contribution in [3.63, 3.8) is 0 Å². The molecule has 4 rings (SSSR count). The molecule has 1 amide bonds. The number of carbonyl (C=O) groups is 1. The average molecular weight is 364 g/mol. The zero-order chi connectivity index (χ0) is 17.1. The summed E-state index contributed by atoms with van der Waals surface area (Å²) < 4.78 is 2.29. The van der Waals surface area contributed by atoms with Crippen LogP contribution in [-0.4, -0.2) is 45.6 Å². The maximum atomic E-state index is 12.4. The molecule has 0 aromatic carbocycles. The van der Waals surface area contributed by atoms with Gasteiger partial charge in [-0.2, -0.15) is 0 Å². The summed E-state index contributed by atoms with van der Waals surface area (Å²) in [5.41, 5.74) is 0. The Bertz CT molecular complexity index is 586. The number of hydrogen-bond acceptors (Lipinski definition) is 5. The van der Waals surface area contributed by atoms with Gasteiger partial charge in [0.2, 0.25) is 11.9 Å². The molecule has 1 aliphatic heterocycles. The van der Waals surface area contributed by atoms with Crippen LogP contribution < -0.4 is 10.2 Å². The fourth-order valence-corrected chi connectivity index (χ4v) is 4.79. The molecule has 25 heavy (non-hydrogen) atoms. The van der Waals surface area contributed by atoms with Crippen molar-refractivity contribution in [1.82, 2.24) is 20.1 Å². The number of aromatic nitrogens is 3. The number of nitrogens with one attached hydrogen (secondary N) is 1. The third-order valence-corrected chi connectivity index (χ3v) is 6.44. The van der Waals surface area contributed by atoms with Crippen molar-refractivity contribution in [3.8, 4) is 0 Å². The Morgan fingerprint density at radius 1 is 1.00 bits per heavy atom. The lowest BCUT2D eigenvalue weighted by Gasteiger charge is -2.18. The number of thioether (sulfide) groups is 1. The number of anilines is 1. The molecule has 2 aliphatic carbocycles. The lowest BCUT2D eigenvalue weighted by molar-refractivity contribution is -0.119. The molecule has 2 heterocycles. The minimum absolute atomic E-state index is 0.143. The third kappa shape index (κ3) is 4.30. The van der Waals surface area contributed by atoms with Crippen LogP contribution in [0.5, 0.6) is 0 Å². The van der Waals surface area contributed by atoms with Crippen molar-refractivity contribution < 1.29 is 4.79 Å². The van der Waals surface area contributed by atoms with Gasteiger partial charge in [-0.25, -0.2) is 0 Å². The SMILES string of the molecule is O=C(CSc1nnc(N2CCCC2)n1C1CC1)NC1CCCCCC1. The van der Waals surface area contributed by atoms with Gasteiger partial charge >= 0.3 is 0 Å². The van der Waals surface area contributed by atoms with Crippen molar-refractivity contribution >= 4 is 23.6 Å². The van der Waals surface area contributed by atoms with Crippen molar-refractivity contribution in [2.45, 2.75) is 81.4 Å². The molecular weight excluding hydrogens is 334 g/mol. The highest BCUT2D eigenvalue weighted by molar-refractivity contribution is 7.99. The van der Waals surface area contributed by atoms with Crippen molar-refractivity contribution in [3.05, 3.63) is 0 Å². The summed E-state index contributed by atoms with van der Waals surface area (Å²) in [5, 5.41) is 13.0. The molecule has 1 N–H and O–H groups in total. The number of amides is 1. The van der Waals surface area contributed by atoms with E-state index in [1.807, 2.05) is 0 Å². The molecule has 0 spiro atoms. The van der Waals surface area contributed by atoms with Crippen molar-refractivity contribution in [2.75, 3.05) is 23.7 Å². The maximum Gasteiger partial charge on any atom is 0.230 e. The fraction of sp³-hybridized carbons (Fsp3) is 0.833. The Hall–Kier alpha value is -1.24. The van der Waals surface area contributed by atoms with E-state index in [1.165, 1.54) is 51.4 Å². The van der Waals surface area contributed by atoms with Gasteiger partial charge in [0.25, 0.3) is 0 Å². The first kappa shape index (κ1) is 17.2. The van der Waals surface area contributed by atoms with E-state index in [2.05, 4.69) is 25.0 Å². The second kappa shape index (κ2) is 7.98. The lowest BCUT2D eigenvalue weighted by Crippen LogP contribution is -2.35. The van der Waals surface area contributed by atoms with Crippen LogP contribution in [0.1, 0.15) is 70.3 Å². The van der Waals surface area contributed by atoms with Gasteiger partial charge in [0, 0.05) is 25.2 Å². The molecule has 138 valence electrons. The molecule has 2 saturated carbocycles. The van der Waals surface area contributed by atoms with Gasteiger partial charge in [0.15, 0.2) is 5.16 Å². The molecule has 1 saturated heterocycles. The Balaban J connectivity index is 1.35. The van der Waals surface area contributed by atoms with Gasteiger partial charge in [-0.15, -0.1) is 10.2 Å². The summed E-state index contributed by atoms with van der Waals surface area (Å²) >= 11 is 1.55. The fourth-order valence-electron chi connectivity index (χ4n) is 3.98. The van der Waals surface area contributed by atoms with E-state index >= 15 is 0 Å². The maximum absolute atomic E-state index is 12.4. The topological polar surface area (TPSA) is 63.1 Å². The van der Waals surface area contributed by atoms with E-state index in [0.717, 1.165) is 37.0 Å². The normalized spacial score (nSPS) is 22.2. The van der Waals surface area contributed by atoms with Gasteiger partial charge in [0.1, 0.15) is 0 Å². The number of carbonyl (C=O) groups excluding carboxylic acids is 1. The molecule has 0 bridgehead atoms. The first-order valence-corrected chi connectivity index (χ1v) is 10.9. The van der Waals surface area contributed by atoms with Crippen LogP contribution in [0.15, 0.2) is 5.16 Å². The minimum Gasteiger partial charge on any atom is -0.353 e. The van der Waals surface area contributed by atoms with E-state index < -0.39 is 0 Å². The molecule has 3 fully saturated rings. The summed E-state index contributed by atoms with van der Waals surface area (Å²) in [7, 11) is 0. The molecule has 0 radical (unpaired) electrons. The zero-order valence-corrected chi connectivity index (χ0v) is 15.8. The largest absolute Gasteiger partial charge is 0.353 e. The highest BCUT2D eigenvalue weighted by Gasteiger charge is 2.32. The molecule has 7 heteroatoms. The Kier molecular flexibility index (Phi) is 5.48. The second-order valence-electron chi connectivity index (χ2n) is 7.62. The number of rotatable bonds is 6. The van der Waals surface area contributed by atoms with Crippen LogP contribution in [0.2, 0.25) is 0 Å². The summed E-state index contributed by atoms with van der Waals surface area (Å²) in [6, 6.07) is 0.912. The standard InChI is InChI=1S/C18H29N5OS/c24-16(19-14-7-3-1-2-4-8-14)13-25-18-21-20-17(22-11-5-6-12-22)23(18)15-9-10-15/h14-15H,1-13H2,(H,19,24). The smallest absolute Gasteiger partial charge is 0.230 e. The monoisotopic (exact) mass is 363 g/mol. The van der Waals surface area contributed by atoms with Gasteiger partial charge in [-0.3, -0.25) is 9.36 Å². The van der Waals surface area contributed by atoms with E-state index in [4.69, 9.17) is 0 Å². The quantitative estimate of drug-likeness (QED) is 0.621. The average Bonchev–Trinajstić information content (AvgIpc) is 3.22. The van der Waals surface area contributed by atoms with E-state index in [9.17, 15) is 4.79 Å². The molecule has 6 nitrogen and oxygen atoms in total. The highest BCUT2D eigenvalue weighted by Crippen LogP contribution is 2.41. The van der Waals surface area contributed by atoms with Gasteiger partial charge in [-0.05, 0) is 38.5 Å². The van der Waals surface area contributed by atoms with Crippen LogP contribution in [-0.2, 0) is 4.79 Å². The van der Waals surface area contributed by atoms with E-state index in [1.54, 1.807) is 11.8 Å². The second-order valence-corrected chi connectivity index (χ2v) is 8.57. The Labute approximate surface area is 154 Å². The predicted octanol–water partition coefficient (Wildman–Crippen LogP) is 3.14. The number of hydrogen-bond donors (Lipinski definition) is 1. The molecule has 0 atom stereocenters. The minimum atomic E-state index is 0.143. The predicted molar refractivity (Wildman–Crippen MR) is 100 cm³/mol. The molecule has 1 aromatic heterocycles. The van der Waals surface area contributed by atoms with Crippen LogP contribution in [0.4, 0.5) is 5.95 Å². The molecule has 1 aromatic rings. The summed E-state index contributed by atoms with van der Waals surface area (Å²) in [4.78, 5) is 14.7. The van der Waals surface area contributed by atoms with Crippen LogP contribution in [0, 0.1) is 0 Å². The van der Waals surface area contributed by atoms with Crippen LogP contribution in [0.25, 0.3) is 0 Å². The van der Waals surface area contributed by atoms with Crippen LogP contribution >= 0.6 is 11.8 Å². The lowest BCUT2D eigenvalue weighted by atomic mass is 10.1. The van der Waals surface area contributed by atoms with Gasteiger partial charge in [-0.1, -0.05) is 37.4 Å². The third-order valence-electron chi connectivity index (χ3n) is 5.50. The number of nitrogens with zero attached hydrogens (tertiary/aromatic N) is 4. The summed E-state index contributed by atoms with van der Waals surface area (Å²) in [6.45, 7) is 2.16. The Morgan fingerprint density at radius 3 is 2.40 bits per heavy atom. The Morgan fingerprint density at radius 2 is 1.72 bits per heavy atom. The summed E-state index contributed by atoms with van der Waals surface area (Å²) in [5.74, 6) is 1.61. The van der Waals surface area contributed by atoms with E-state index in [-0.39, 0.29) is 5.91 Å². The molecule has 0 unspecified atom stereocenters. The highest BCUT2D eigenvalue weighted by atomic mass is 32.2. The van der Waals surface area contributed by atoms with Crippen molar-refractivity contribution in [2.24, 2.45) is 0 Å². The molecule has 3 aliphatic rings. The first-order valence-electron chi connectivity index (χ1n) is 9.93. The summed E-state index contributed by atoms with van der Waals surface area (Å²) in [6.07, 6.45) is 12.3. The molecular formula is C18H29N5OS. The van der Waals surface area contributed by atoms with Crippen LogP contribution in [0.3, 0.4) is 0 Å². The van der Waals surface area contributed by atoms with Gasteiger partial charge in [0.05, 0.1) is 5.75 Å². The van der Waals surface area contributed by atoms with E-state index in [0.29, 0.717) is 17.8 Å². The van der Waals surface area contributed by atoms with Crippen molar-refractivity contribution in [1.29, 1.82) is 0 Å². The zero-order valence-electron chi connectivity index (χ0n) is 15.0. The van der Waals surface area contributed by atoms with Gasteiger partial charge < -0.3 is 10.2 Å².